The molecule has 0 aliphatic heterocycles. The van der Waals surface area contributed by atoms with Crippen molar-refractivity contribution in [2.45, 2.75) is 0 Å². The standard InChI is InChI=1S/CH3NO.Na.H2O.H/c1-2-3;;;/h3H,1H2;;1H2;/q;+1;;-1. The Morgan fingerprint density at radius 2 is 1.80 bits per heavy atom. The molecule has 0 heterocycles. The van der Waals surface area contributed by atoms with E-state index in [4.69, 9.17) is 5.21 Å². The fourth-order valence-electron chi connectivity index (χ4n) is 0. The van der Waals surface area contributed by atoms with E-state index < -0.39 is 0 Å². The summed E-state index contributed by atoms with van der Waals surface area (Å²) in [6.45, 7) is 2.67. The zero-order valence-electron chi connectivity index (χ0n) is 4.10. The van der Waals surface area contributed by atoms with Gasteiger partial charge in [-0.15, -0.1) is 5.16 Å². The summed E-state index contributed by atoms with van der Waals surface area (Å²) >= 11 is 0. The summed E-state index contributed by atoms with van der Waals surface area (Å²) in [6, 6.07) is 0. The van der Waals surface area contributed by atoms with E-state index in [-0.39, 0.29) is 36.5 Å². The molecule has 0 aliphatic rings. The van der Waals surface area contributed by atoms with E-state index in [1.54, 1.807) is 0 Å². The first-order chi connectivity index (χ1) is 1.41. The third-order valence-corrected chi connectivity index (χ3v) is 0. The molecule has 0 aromatic carbocycles. The maximum Gasteiger partial charge on any atom is 1.00 e. The van der Waals surface area contributed by atoms with Gasteiger partial charge in [0.25, 0.3) is 0 Å². The molecule has 0 radical (unpaired) electrons. The Labute approximate surface area is 53.8 Å². The second-order valence-corrected chi connectivity index (χ2v) is 0.141. The SMILES string of the molecule is C=NO.O.[H-].[Na+]. The van der Waals surface area contributed by atoms with Gasteiger partial charge in [-0.1, -0.05) is 0 Å². The quantitative estimate of drug-likeness (QED) is 0.141. The van der Waals surface area contributed by atoms with Crippen LogP contribution in [0.5, 0.6) is 0 Å². The Bertz CT molecular complexity index is 21.0. The Morgan fingerprint density at radius 1 is 1.80 bits per heavy atom. The van der Waals surface area contributed by atoms with Crippen molar-refractivity contribution in [3.63, 3.8) is 0 Å². The predicted octanol–water partition coefficient (Wildman–Crippen LogP) is -3.63. The van der Waals surface area contributed by atoms with Crippen LogP contribution in [0.4, 0.5) is 0 Å². The number of rotatable bonds is 0. The van der Waals surface area contributed by atoms with Crippen molar-refractivity contribution in [1.82, 2.24) is 0 Å². The van der Waals surface area contributed by atoms with Gasteiger partial charge in [-0.3, -0.25) is 0 Å². The van der Waals surface area contributed by atoms with Gasteiger partial charge in [0.05, 0.1) is 0 Å². The molecule has 0 aromatic rings. The molecular formula is CH6NNaO2. The summed E-state index contributed by atoms with van der Waals surface area (Å²) in [6.07, 6.45) is 0. The zero-order valence-corrected chi connectivity index (χ0v) is 5.10. The number of oxime groups is 1. The van der Waals surface area contributed by atoms with Gasteiger partial charge in [-0.05, 0) is 0 Å². The topological polar surface area (TPSA) is 64.1 Å². The van der Waals surface area contributed by atoms with Crippen LogP contribution in [0.2, 0.25) is 0 Å². The summed E-state index contributed by atoms with van der Waals surface area (Å²) in [4.78, 5) is 0. The first-order valence-corrected chi connectivity index (χ1v) is 0.516. The molecular weight excluding hydrogens is 81.0 g/mol. The van der Waals surface area contributed by atoms with Crippen molar-refractivity contribution in [2.75, 3.05) is 0 Å². The number of nitrogens with zero attached hydrogens (tertiary/aromatic N) is 1. The van der Waals surface area contributed by atoms with E-state index in [0.717, 1.165) is 0 Å². The minimum atomic E-state index is 0. The van der Waals surface area contributed by atoms with Crippen molar-refractivity contribution < 1.29 is 41.7 Å². The molecule has 0 fully saturated rings. The Morgan fingerprint density at radius 3 is 1.80 bits per heavy atom. The first-order valence-electron chi connectivity index (χ1n) is 0.516. The Kier molecular flexibility index (Phi) is 92.0. The van der Waals surface area contributed by atoms with Crippen molar-refractivity contribution in [3.05, 3.63) is 0 Å². The van der Waals surface area contributed by atoms with E-state index in [2.05, 4.69) is 11.9 Å². The largest absolute Gasteiger partial charge is 1.00 e. The third kappa shape index (κ3) is 141. The zero-order chi connectivity index (χ0) is 2.71. The van der Waals surface area contributed by atoms with Crippen molar-refractivity contribution in [3.8, 4) is 0 Å². The van der Waals surface area contributed by atoms with Gasteiger partial charge >= 0.3 is 29.6 Å². The van der Waals surface area contributed by atoms with Gasteiger partial charge in [0.2, 0.25) is 0 Å². The molecule has 0 spiro atoms. The smallest absolute Gasteiger partial charge is 1.00 e. The van der Waals surface area contributed by atoms with Crippen LogP contribution < -0.4 is 29.6 Å². The monoisotopic (exact) mass is 87.0 g/mol. The fraction of sp³-hybridized carbons (Fsp3) is 0. The second kappa shape index (κ2) is 25.5. The third-order valence-electron chi connectivity index (χ3n) is 0. The molecule has 28 valence electrons. The Hall–Kier alpha value is 0.430. The average Bonchev–Trinajstić information content (AvgIpc) is 0.918. The maximum atomic E-state index is 7.08. The second-order valence-electron chi connectivity index (χ2n) is 0.141. The van der Waals surface area contributed by atoms with E-state index in [1.807, 2.05) is 0 Å². The number of hydrogen-bond donors (Lipinski definition) is 1. The van der Waals surface area contributed by atoms with Crippen molar-refractivity contribution in [2.24, 2.45) is 5.16 Å². The molecule has 0 saturated heterocycles. The molecule has 4 heteroatoms. The minimum absolute atomic E-state index is 0. The minimum Gasteiger partial charge on any atom is -1.00 e. The predicted molar refractivity (Wildman–Crippen MR) is 16.1 cm³/mol. The molecule has 0 bridgehead atoms. The molecule has 3 nitrogen and oxygen atoms in total. The summed E-state index contributed by atoms with van der Waals surface area (Å²) in [5.74, 6) is 0. The maximum absolute atomic E-state index is 7.08. The van der Waals surface area contributed by atoms with Gasteiger partial charge in [-0.2, -0.15) is 0 Å². The summed E-state index contributed by atoms with van der Waals surface area (Å²) in [5.41, 5.74) is 0. The van der Waals surface area contributed by atoms with Crippen LogP contribution in [0.15, 0.2) is 5.16 Å². The molecule has 3 N–H and O–H groups in total. The van der Waals surface area contributed by atoms with E-state index in [9.17, 15) is 0 Å². The summed E-state index contributed by atoms with van der Waals surface area (Å²) in [5, 5.41) is 9.33. The van der Waals surface area contributed by atoms with Crippen molar-refractivity contribution in [1.29, 1.82) is 0 Å². The Balaban J connectivity index is -0.00000000667. The van der Waals surface area contributed by atoms with Gasteiger partial charge in [0.1, 0.15) is 0 Å². The van der Waals surface area contributed by atoms with Crippen LogP contribution in [0.25, 0.3) is 0 Å². The van der Waals surface area contributed by atoms with Gasteiger partial charge < -0.3 is 12.1 Å². The van der Waals surface area contributed by atoms with Crippen LogP contribution in [0.1, 0.15) is 1.43 Å². The van der Waals surface area contributed by atoms with Crippen LogP contribution >= 0.6 is 0 Å². The van der Waals surface area contributed by atoms with E-state index >= 15 is 0 Å². The summed E-state index contributed by atoms with van der Waals surface area (Å²) in [7, 11) is 0. The molecule has 0 atom stereocenters. The fourth-order valence-corrected chi connectivity index (χ4v) is 0. The molecule has 0 aromatic heterocycles. The van der Waals surface area contributed by atoms with Gasteiger partial charge in [0, 0.05) is 6.72 Å². The van der Waals surface area contributed by atoms with Crippen molar-refractivity contribution >= 4 is 6.72 Å². The normalized spacial score (nSPS) is 2.40. The average molecular weight is 87.1 g/mol. The summed E-state index contributed by atoms with van der Waals surface area (Å²) < 4.78 is 0. The molecule has 0 aliphatic carbocycles. The van der Waals surface area contributed by atoms with E-state index in [0.29, 0.717) is 0 Å². The number of hydrogen-bond acceptors (Lipinski definition) is 2. The molecule has 5 heavy (non-hydrogen) atoms. The van der Waals surface area contributed by atoms with Crippen LogP contribution in [-0.4, -0.2) is 17.4 Å². The van der Waals surface area contributed by atoms with E-state index in [1.165, 1.54) is 0 Å². The molecule has 0 saturated carbocycles. The van der Waals surface area contributed by atoms with Gasteiger partial charge in [-0.25, -0.2) is 0 Å². The van der Waals surface area contributed by atoms with Crippen LogP contribution in [0.3, 0.4) is 0 Å². The van der Waals surface area contributed by atoms with Gasteiger partial charge in [0.15, 0.2) is 0 Å². The first kappa shape index (κ1) is 18.0. The molecule has 0 amide bonds. The van der Waals surface area contributed by atoms with Crippen LogP contribution in [-0.2, 0) is 0 Å². The van der Waals surface area contributed by atoms with Crippen LogP contribution in [0, 0.1) is 0 Å². The molecule has 0 rings (SSSR count). The molecule has 0 unspecified atom stereocenters.